The summed E-state index contributed by atoms with van der Waals surface area (Å²) >= 11 is 0. The van der Waals surface area contributed by atoms with Crippen LogP contribution in [0.1, 0.15) is 11.1 Å². The second kappa shape index (κ2) is 7.55. The maximum absolute atomic E-state index is 5.74. The summed E-state index contributed by atoms with van der Waals surface area (Å²) in [6, 6.07) is 20.3. The summed E-state index contributed by atoms with van der Waals surface area (Å²) in [5.74, 6) is 1.65. The van der Waals surface area contributed by atoms with Crippen molar-refractivity contribution in [3.05, 3.63) is 84.4 Å². The van der Waals surface area contributed by atoms with Gasteiger partial charge >= 0.3 is 0 Å². The summed E-state index contributed by atoms with van der Waals surface area (Å²) in [6.45, 7) is 1.29. The molecule has 30 heavy (non-hydrogen) atoms. The van der Waals surface area contributed by atoms with Gasteiger partial charge in [0.1, 0.15) is 11.5 Å². The van der Waals surface area contributed by atoms with Gasteiger partial charge in [-0.3, -0.25) is 0 Å². The minimum absolute atomic E-state index is 0.647. The minimum atomic E-state index is 0.647. The predicted octanol–water partition coefficient (Wildman–Crippen LogP) is 4.50. The molecule has 2 aromatic heterocycles. The average Bonchev–Trinajstić information content (AvgIpc) is 3.39. The van der Waals surface area contributed by atoms with E-state index in [1.807, 2.05) is 49.1 Å². The van der Waals surface area contributed by atoms with Gasteiger partial charge in [-0.25, -0.2) is 9.97 Å². The van der Waals surface area contributed by atoms with Crippen molar-refractivity contribution in [2.75, 3.05) is 14.2 Å². The molecule has 0 fully saturated rings. The number of fused-ring (bicyclic) bond motifs is 2. The Morgan fingerprint density at radius 1 is 0.667 bits per heavy atom. The van der Waals surface area contributed by atoms with Gasteiger partial charge in [-0.1, -0.05) is 24.3 Å². The Morgan fingerprint density at radius 3 is 1.53 bits per heavy atom. The third-order valence-electron chi connectivity index (χ3n) is 5.42. The highest BCUT2D eigenvalue weighted by Crippen LogP contribution is 2.31. The fraction of sp³-hybridized carbons (Fsp3) is 0.167. The van der Waals surface area contributed by atoms with E-state index in [2.05, 4.69) is 43.4 Å². The Balaban J connectivity index is 1.52. The molecule has 0 N–H and O–H groups in total. The van der Waals surface area contributed by atoms with Crippen molar-refractivity contribution < 1.29 is 9.47 Å². The van der Waals surface area contributed by atoms with Gasteiger partial charge in [0.15, 0.2) is 0 Å². The van der Waals surface area contributed by atoms with Crippen LogP contribution in [0.5, 0.6) is 11.5 Å². The van der Waals surface area contributed by atoms with Crippen molar-refractivity contribution in [1.29, 1.82) is 0 Å². The maximum Gasteiger partial charge on any atom is 0.124 e. The number of nitrogens with zero attached hydrogens (tertiary/aromatic N) is 4. The summed E-state index contributed by atoms with van der Waals surface area (Å²) in [6.07, 6.45) is 3.73. The number of benzene rings is 3. The van der Waals surface area contributed by atoms with Crippen LogP contribution >= 0.6 is 0 Å². The molecule has 0 saturated heterocycles. The van der Waals surface area contributed by atoms with Crippen molar-refractivity contribution in [3.8, 4) is 11.5 Å². The third-order valence-corrected chi connectivity index (χ3v) is 5.42. The van der Waals surface area contributed by atoms with Crippen LogP contribution in [0.2, 0.25) is 0 Å². The molecule has 0 aliphatic rings. The van der Waals surface area contributed by atoms with Crippen molar-refractivity contribution in [1.82, 2.24) is 19.1 Å². The Hall–Kier alpha value is -3.80. The van der Waals surface area contributed by atoms with Crippen LogP contribution in [0.4, 0.5) is 0 Å². The van der Waals surface area contributed by atoms with Crippen LogP contribution in [0.15, 0.2) is 73.3 Å². The maximum atomic E-state index is 5.74. The molecular weight excluding hydrogens is 376 g/mol. The highest BCUT2D eigenvalue weighted by atomic mass is 16.5. The lowest BCUT2D eigenvalue weighted by Gasteiger charge is -2.16. The summed E-state index contributed by atoms with van der Waals surface area (Å²) in [7, 11) is 3.40. The third kappa shape index (κ3) is 3.16. The number of ether oxygens (including phenoxy) is 2. The van der Waals surface area contributed by atoms with Gasteiger partial charge in [-0.2, -0.15) is 0 Å². The van der Waals surface area contributed by atoms with Crippen LogP contribution in [0, 0.1) is 0 Å². The summed E-state index contributed by atoms with van der Waals surface area (Å²) < 4.78 is 15.7. The molecule has 2 heterocycles. The molecule has 0 aliphatic heterocycles. The lowest BCUT2D eigenvalue weighted by Crippen LogP contribution is -2.05. The van der Waals surface area contributed by atoms with Gasteiger partial charge in [-0.05, 0) is 36.4 Å². The number of methoxy groups -OCH3 is 2. The smallest absolute Gasteiger partial charge is 0.124 e. The van der Waals surface area contributed by atoms with Crippen molar-refractivity contribution in [2.24, 2.45) is 0 Å². The highest BCUT2D eigenvalue weighted by molar-refractivity contribution is 5.76. The van der Waals surface area contributed by atoms with Gasteiger partial charge in [0.05, 0.1) is 62.0 Å². The molecule has 0 spiro atoms. The van der Waals surface area contributed by atoms with E-state index in [1.54, 1.807) is 14.2 Å². The quantitative estimate of drug-likeness (QED) is 0.423. The zero-order valence-electron chi connectivity index (χ0n) is 16.9. The fourth-order valence-corrected chi connectivity index (χ4v) is 3.91. The first-order chi connectivity index (χ1) is 14.8. The monoisotopic (exact) mass is 398 g/mol. The number of aromatic nitrogens is 4. The SMILES string of the molecule is COc1cc(Cn2cnc3ccccc32)c(OC)cc1Cn1cnc2ccccc21. The lowest BCUT2D eigenvalue weighted by atomic mass is 10.1. The van der Waals surface area contributed by atoms with Crippen LogP contribution < -0.4 is 9.47 Å². The lowest BCUT2D eigenvalue weighted by molar-refractivity contribution is 0.393. The van der Waals surface area contributed by atoms with Crippen LogP contribution in [0.25, 0.3) is 22.1 Å². The van der Waals surface area contributed by atoms with E-state index in [0.29, 0.717) is 13.1 Å². The molecule has 0 aliphatic carbocycles. The first-order valence-electron chi connectivity index (χ1n) is 9.80. The fourth-order valence-electron chi connectivity index (χ4n) is 3.91. The Bertz CT molecular complexity index is 1230. The normalized spacial score (nSPS) is 11.3. The molecule has 150 valence electrons. The minimum Gasteiger partial charge on any atom is -0.496 e. The van der Waals surface area contributed by atoms with Gasteiger partial charge < -0.3 is 18.6 Å². The van der Waals surface area contributed by atoms with Gasteiger partial charge in [0.25, 0.3) is 0 Å². The van der Waals surface area contributed by atoms with Crippen molar-refractivity contribution in [2.45, 2.75) is 13.1 Å². The van der Waals surface area contributed by atoms with Gasteiger partial charge in [0.2, 0.25) is 0 Å². The molecule has 0 amide bonds. The zero-order valence-corrected chi connectivity index (χ0v) is 16.9. The zero-order chi connectivity index (χ0) is 20.5. The summed E-state index contributed by atoms with van der Waals surface area (Å²) in [5, 5.41) is 0. The second-order valence-electron chi connectivity index (χ2n) is 7.20. The molecule has 3 aromatic carbocycles. The molecule has 6 heteroatoms. The molecule has 0 radical (unpaired) electrons. The number of rotatable bonds is 6. The number of hydrogen-bond donors (Lipinski definition) is 0. The van der Waals surface area contributed by atoms with Gasteiger partial charge in [-0.15, -0.1) is 0 Å². The molecule has 5 aromatic rings. The van der Waals surface area contributed by atoms with E-state index >= 15 is 0 Å². The molecule has 0 unspecified atom stereocenters. The molecular formula is C24H22N4O2. The Labute approximate surface area is 174 Å². The van der Waals surface area contributed by atoms with Crippen molar-refractivity contribution in [3.63, 3.8) is 0 Å². The highest BCUT2D eigenvalue weighted by Gasteiger charge is 2.14. The van der Waals surface area contributed by atoms with Crippen LogP contribution in [0.3, 0.4) is 0 Å². The molecule has 0 bridgehead atoms. The van der Waals surface area contributed by atoms with Gasteiger partial charge in [0, 0.05) is 11.1 Å². The molecule has 5 rings (SSSR count). The number of para-hydroxylation sites is 4. The van der Waals surface area contributed by atoms with Crippen LogP contribution in [-0.2, 0) is 13.1 Å². The van der Waals surface area contributed by atoms with E-state index in [9.17, 15) is 0 Å². The Morgan fingerprint density at radius 2 is 1.10 bits per heavy atom. The largest absolute Gasteiger partial charge is 0.496 e. The van der Waals surface area contributed by atoms with E-state index < -0.39 is 0 Å². The Kier molecular flexibility index (Phi) is 4.59. The second-order valence-corrected chi connectivity index (χ2v) is 7.20. The first kappa shape index (κ1) is 18.2. The number of hydrogen-bond acceptors (Lipinski definition) is 4. The van der Waals surface area contributed by atoms with E-state index in [-0.39, 0.29) is 0 Å². The summed E-state index contributed by atoms with van der Waals surface area (Å²) in [5.41, 5.74) is 6.22. The summed E-state index contributed by atoms with van der Waals surface area (Å²) in [4.78, 5) is 8.98. The van der Waals surface area contributed by atoms with E-state index in [0.717, 1.165) is 44.7 Å². The average molecular weight is 398 g/mol. The predicted molar refractivity (Wildman–Crippen MR) is 117 cm³/mol. The topological polar surface area (TPSA) is 54.1 Å². The van der Waals surface area contributed by atoms with Crippen LogP contribution in [-0.4, -0.2) is 33.3 Å². The molecule has 6 nitrogen and oxygen atoms in total. The number of imidazole rings is 2. The molecule has 0 atom stereocenters. The van der Waals surface area contributed by atoms with Crippen molar-refractivity contribution >= 4 is 22.1 Å². The standard InChI is InChI=1S/C24H22N4O2/c1-29-23-11-18(14-28-16-26-20-8-4-6-10-22(20)28)24(30-2)12-17(23)13-27-15-25-19-7-3-5-9-21(19)27/h3-12,15-16H,13-14H2,1-2H3. The van der Waals surface area contributed by atoms with E-state index in [4.69, 9.17) is 9.47 Å². The first-order valence-corrected chi connectivity index (χ1v) is 9.80. The van der Waals surface area contributed by atoms with E-state index in [1.165, 1.54) is 0 Å². The molecule has 0 saturated carbocycles.